The fourth-order valence-corrected chi connectivity index (χ4v) is 2.07. The monoisotopic (exact) mass is 309 g/mol. The van der Waals surface area contributed by atoms with Gasteiger partial charge in [0, 0.05) is 6.04 Å². The van der Waals surface area contributed by atoms with Crippen molar-refractivity contribution in [1.82, 2.24) is 15.1 Å². The van der Waals surface area contributed by atoms with Crippen LogP contribution in [-0.2, 0) is 11.3 Å². The summed E-state index contributed by atoms with van der Waals surface area (Å²) in [5, 5.41) is 17.4. The summed E-state index contributed by atoms with van der Waals surface area (Å²) in [5.74, 6) is 0.207. The molecule has 0 bridgehead atoms. The molecule has 6 nitrogen and oxygen atoms in total. The van der Waals surface area contributed by atoms with Crippen LogP contribution in [0.3, 0.4) is 0 Å². The minimum Gasteiger partial charge on any atom is -0.419 e. The average molecular weight is 310 g/mol. The molecule has 0 spiro atoms. The standard InChI is InChI=1S/C14H16ClN3O3/c1-9(2)18(13(20)8-19)7-12-16-17-14(21-12)10-5-3-4-6-11(10)15/h3-6,9,19H,7-8H2,1-2H3. The number of carbonyl (C=O) groups is 1. The van der Waals surface area contributed by atoms with E-state index in [0.717, 1.165) is 0 Å². The Labute approximate surface area is 127 Å². The number of rotatable bonds is 5. The number of amides is 1. The Morgan fingerprint density at radius 2 is 2.10 bits per heavy atom. The normalized spacial score (nSPS) is 10.9. The number of halogens is 1. The van der Waals surface area contributed by atoms with Crippen molar-refractivity contribution >= 4 is 17.5 Å². The van der Waals surface area contributed by atoms with Crippen LogP contribution < -0.4 is 0 Å². The first kappa shape index (κ1) is 15.5. The van der Waals surface area contributed by atoms with Gasteiger partial charge in [-0.15, -0.1) is 10.2 Å². The minimum atomic E-state index is -0.552. The number of nitrogens with zero attached hydrogens (tertiary/aromatic N) is 3. The van der Waals surface area contributed by atoms with Crippen LogP contribution in [0.2, 0.25) is 5.02 Å². The van der Waals surface area contributed by atoms with Gasteiger partial charge in [-0.25, -0.2) is 0 Å². The van der Waals surface area contributed by atoms with Crippen LogP contribution in [0.4, 0.5) is 0 Å². The number of aliphatic hydroxyl groups is 1. The zero-order valence-corrected chi connectivity index (χ0v) is 12.5. The van der Waals surface area contributed by atoms with Crippen molar-refractivity contribution in [3.05, 3.63) is 35.2 Å². The number of benzene rings is 1. The SMILES string of the molecule is CC(C)N(Cc1nnc(-c2ccccc2Cl)o1)C(=O)CO. The molecule has 21 heavy (non-hydrogen) atoms. The second kappa shape index (κ2) is 6.69. The fraction of sp³-hybridized carbons (Fsp3) is 0.357. The molecular formula is C14H16ClN3O3. The molecule has 1 N–H and O–H groups in total. The van der Waals surface area contributed by atoms with E-state index < -0.39 is 6.61 Å². The highest BCUT2D eigenvalue weighted by molar-refractivity contribution is 6.33. The molecule has 0 atom stereocenters. The van der Waals surface area contributed by atoms with Crippen LogP contribution in [-0.4, -0.2) is 38.8 Å². The summed E-state index contributed by atoms with van der Waals surface area (Å²) in [6.45, 7) is 3.29. The Hall–Kier alpha value is -1.92. The molecule has 0 saturated heterocycles. The van der Waals surface area contributed by atoms with E-state index in [4.69, 9.17) is 21.1 Å². The Morgan fingerprint density at radius 3 is 2.71 bits per heavy atom. The topological polar surface area (TPSA) is 79.5 Å². The summed E-state index contributed by atoms with van der Waals surface area (Å²) in [5.41, 5.74) is 0.641. The third kappa shape index (κ3) is 3.59. The van der Waals surface area contributed by atoms with Gasteiger partial charge in [-0.3, -0.25) is 4.79 Å². The molecule has 7 heteroatoms. The van der Waals surface area contributed by atoms with E-state index in [1.54, 1.807) is 12.1 Å². The van der Waals surface area contributed by atoms with E-state index in [-0.39, 0.29) is 18.5 Å². The first-order chi connectivity index (χ1) is 10.0. The maximum Gasteiger partial charge on any atom is 0.249 e. The van der Waals surface area contributed by atoms with Crippen molar-refractivity contribution in [2.24, 2.45) is 0 Å². The Balaban J connectivity index is 2.20. The molecule has 1 amide bonds. The Kier molecular flexibility index (Phi) is 4.93. The molecule has 2 aromatic rings. The predicted molar refractivity (Wildman–Crippen MR) is 77.5 cm³/mol. The second-order valence-corrected chi connectivity index (χ2v) is 5.16. The van der Waals surface area contributed by atoms with E-state index in [0.29, 0.717) is 22.4 Å². The molecule has 0 saturated carbocycles. The van der Waals surface area contributed by atoms with Crippen LogP contribution in [0.15, 0.2) is 28.7 Å². The number of aliphatic hydroxyl groups excluding tert-OH is 1. The summed E-state index contributed by atoms with van der Waals surface area (Å²) in [7, 11) is 0. The molecule has 0 aliphatic rings. The lowest BCUT2D eigenvalue weighted by Gasteiger charge is -2.24. The van der Waals surface area contributed by atoms with E-state index >= 15 is 0 Å². The highest BCUT2D eigenvalue weighted by atomic mass is 35.5. The van der Waals surface area contributed by atoms with Gasteiger partial charge in [0.15, 0.2) is 0 Å². The van der Waals surface area contributed by atoms with Crippen molar-refractivity contribution in [3.63, 3.8) is 0 Å². The molecule has 2 rings (SSSR count). The third-order valence-corrected chi connectivity index (χ3v) is 3.29. The summed E-state index contributed by atoms with van der Waals surface area (Å²) < 4.78 is 5.54. The van der Waals surface area contributed by atoms with Crippen molar-refractivity contribution in [2.45, 2.75) is 26.4 Å². The lowest BCUT2D eigenvalue weighted by Crippen LogP contribution is -2.38. The molecule has 0 aliphatic heterocycles. The van der Waals surface area contributed by atoms with Gasteiger partial charge < -0.3 is 14.4 Å². The number of hydrogen-bond acceptors (Lipinski definition) is 5. The van der Waals surface area contributed by atoms with E-state index in [1.807, 2.05) is 26.0 Å². The summed E-state index contributed by atoms with van der Waals surface area (Å²) in [4.78, 5) is 13.1. The summed E-state index contributed by atoms with van der Waals surface area (Å²) in [6, 6.07) is 7.06. The van der Waals surface area contributed by atoms with Gasteiger partial charge >= 0.3 is 0 Å². The zero-order chi connectivity index (χ0) is 15.4. The van der Waals surface area contributed by atoms with E-state index in [2.05, 4.69) is 10.2 Å². The van der Waals surface area contributed by atoms with Crippen LogP contribution in [0.5, 0.6) is 0 Å². The van der Waals surface area contributed by atoms with Gasteiger partial charge in [-0.05, 0) is 26.0 Å². The quantitative estimate of drug-likeness (QED) is 0.915. The average Bonchev–Trinajstić information content (AvgIpc) is 2.92. The Morgan fingerprint density at radius 1 is 1.38 bits per heavy atom. The lowest BCUT2D eigenvalue weighted by atomic mass is 10.2. The van der Waals surface area contributed by atoms with Gasteiger partial charge in [0.2, 0.25) is 17.7 Å². The molecule has 0 unspecified atom stereocenters. The van der Waals surface area contributed by atoms with Crippen LogP contribution >= 0.6 is 11.6 Å². The summed E-state index contributed by atoms with van der Waals surface area (Å²) >= 11 is 6.07. The van der Waals surface area contributed by atoms with Crippen LogP contribution in [0, 0.1) is 0 Å². The molecular weight excluding hydrogens is 294 g/mol. The molecule has 0 aliphatic carbocycles. The largest absolute Gasteiger partial charge is 0.419 e. The van der Waals surface area contributed by atoms with Crippen molar-refractivity contribution < 1.29 is 14.3 Å². The van der Waals surface area contributed by atoms with Crippen molar-refractivity contribution in [3.8, 4) is 11.5 Å². The fourth-order valence-electron chi connectivity index (χ4n) is 1.86. The molecule has 0 fully saturated rings. The molecule has 1 aromatic heterocycles. The first-order valence-corrected chi connectivity index (χ1v) is 6.88. The lowest BCUT2D eigenvalue weighted by molar-refractivity contribution is -0.136. The van der Waals surface area contributed by atoms with Crippen molar-refractivity contribution in [2.75, 3.05) is 6.61 Å². The molecule has 0 radical (unpaired) electrons. The second-order valence-electron chi connectivity index (χ2n) is 4.75. The zero-order valence-electron chi connectivity index (χ0n) is 11.8. The van der Waals surface area contributed by atoms with Gasteiger partial charge in [0.25, 0.3) is 0 Å². The van der Waals surface area contributed by atoms with Gasteiger partial charge in [-0.1, -0.05) is 23.7 Å². The maximum atomic E-state index is 11.7. The van der Waals surface area contributed by atoms with E-state index in [1.165, 1.54) is 4.90 Å². The van der Waals surface area contributed by atoms with Gasteiger partial charge in [-0.2, -0.15) is 0 Å². The minimum absolute atomic E-state index is 0.0830. The molecule has 1 heterocycles. The molecule has 1 aromatic carbocycles. The number of carbonyl (C=O) groups excluding carboxylic acids is 1. The summed E-state index contributed by atoms with van der Waals surface area (Å²) in [6.07, 6.45) is 0. The van der Waals surface area contributed by atoms with Gasteiger partial charge in [0.1, 0.15) is 6.61 Å². The first-order valence-electron chi connectivity index (χ1n) is 6.50. The van der Waals surface area contributed by atoms with Gasteiger partial charge in [0.05, 0.1) is 17.1 Å². The van der Waals surface area contributed by atoms with Crippen molar-refractivity contribution in [1.29, 1.82) is 0 Å². The predicted octanol–water partition coefficient (Wildman–Crippen LogP) is 2.12. The third-order valence-electron chi connectivity index (χ3n) is 2.96. The number of hydrogen-bond donors (Lipinski definition) is 1. The maximum absolute atomic E-state index is 11.7. The molecule has 112 valence electrons. The van der Waals surface area contributed by atoms with Crippen LogP contribution in [0.25, 0.3) is 11.5 Å². The van der Waals surface area contributed by atoms with E-state index in [9.17, 15) is 4.79 Å². The highest BCUT2D eigenvalue weighted by Crippen LogP contribution is 2.26. The highest BCUT2D eigenvalue weighted by Gasteiger charge is 2.20. The van der Waals surface area contributed by atoms with Crippen LogP contribution in [0.1, 0.15) is 19.7 Å². The Bertz CT molecular complexity index is 627. The number of aromatic nitrogens is 2. The smallest absolute Gasteiger partial charge is 0.249 e.